The van der Waals surface area contributed by atoms with Gasteiger partial charge in [-0.05, 0) is 17.7 Å². The molecule has 4 heteroatoms. The van der Waals surface area contributed by atoms with E-state index in [2.05, 4.69) is 20.9 Å². The molecular formula is C13H12BrClN2. The minimum Gasteiger partial charge on any atom is -0.237 e. The molecule has 0 bridgehead atoms. The Morgan fingerprint density at radius 1 is 1.35 bits per heavy atom. The number of pyridine rings is 1. The van der Waals surface area contributed by atoms with Gasteiger partial charge in [0, 0.05) is 10.7 Å². The Bertz CT molecular complexity index is 561. The highest BCUT2D eigenvalue weighted by Gasteiger charge is 2.04. The van der Waals surface area contributed by atoms with Crippen molar-refractivity contribution in [2.24, 2.45) is 0 Å². The number of hydrogen-bond donors (Lipinski definition) is 0. The van der Waals surface area contributed by atoms with Gasteiger partial charge in [-0.25, -0.2) is 4.98 Å². The van der Waals surface area contributed by atoms with E-state index in [-0.39, 0.29) is 0 Å². The van der Waals surface area contributed by atoms with E-state index in [9.17, 15) is 0 Å². The van der Waals surface area contributed by atoms with Crippen LogP contribution in [-0.2, 0) is 5.33 Å². The molecule has 0 saturated heterocycles. The van der Waals surface area contributed by atoms with Gasteiger partial charge in [-0.15, -0.1) is 0 Å². The topological polar surface area (TPSA) is 36.7 Å². The number of rotatable bonds is 1. The molecule has 0 aliphatic carbocycles. The predicted octanol–water partition coefficient (Wildman–Crippen LogP) is 4.68. The summed E-state index contributed by atoms with van der Waals surface area (Å²) in [6.07, 6.45) is 0. The summed E-state index contributed by atoms with van der Waals surface area (Å²) >= 11 is 9.41. The highest BCUT2D eigenvalue weighted by molar-refractivity contribution is 9.08. The third-order valence-electron chi connectivity index (χ3n) is 2.09. The van der Waals surface area contributed by atoms with Crippen molar-refractivity contribution >= 4 is 38.4 Å². The zero-order valence-corrected chi connectivity index (χ0v) is 12.0. The number of nitriles is 1. The van der Waals surface area contributed by atoms with Crippen LogP contribution in [0.3, 0.4) is 0 Å². The molecule has 2 rings (SSSR count). The van der Waals surface area contributed by atoms with Crippen LogP contribution < -0.4 is 0 Å². The molecule has 1 aromatic heterocycles. The van der Waals surface area contributed by atoms with Gasteiger partial charge < -0.3 is 0 Å². The van der Waals surface area contributed by atoms with Crippen molar-refractivity contribution in [3.63, 3.8) is 0 Å². The lowest BCUT2D eigenvalue weighted by atomic mass is 10.1. The second-order valence-corrected chi connectivity index (χ2v) is 4.05. The number of nitrogens with zero attached hydrogens (tertiary/aromatic N) is 2. The molecule has 88 valence electrons. The van der Waals surface area contributed by atoms with Crippen LogP contribution in [0.1, 0.15) is 25.1 Å². The number of alkyl halides is 1. The standard InChI is InChI=1S/C11H6BrClN2.C2H6/c12-5-7-1-2-9-10(13)4-8(6-14)15-11(9)3-7;1-2/h1-4H,5H2;1-2H3. The van der Waals surface area contributed by atoms with E-state index in [1.54, 1.807) is 6.07 Å². The molecule has 17 heavy (non-hydrogen) atoms. The van der Waals surface area contributed by atoms with Crippen molar-refractivity contribution in [2.75, 3.05) is 0 Å². The van der Waals surface area contributed by atoms with E-state index in [0.29, 0.717) is 10.7 Å². The largest absolute Gasteiger partial charge is 0.237 e. The average Bonchev–Trinajstić information content (AvgIpc) is 2.40. The van der Waals surface area contributed by atoms with Crippen LogP contribution in [0.5, 0.6) is 0 Å². The summed E-state index contributed by atoms with van der Waals surface area (Å²) in [4.78, 5) is 4.20. The van der Waals surface area contributed by atoms with Gasteiger partial charge in [0.25, 0.3) is 0 Å². The first-order valence-corrected chi connectivity index (χ1v) is 6.80. The molecule has 0 amide bonds. The summed E-state index contributed by atoms with van der Waals surface area (Å²) < 4.78 is 0. The summed E-state index contributed by atoms with van der Waals surface area (Å²) in [7, 11) is 0. The Hall–Kier alpha value is -1.11. The van der Waals surface area contributed by atoms with Crippen LogP contribution in [0.15, 0.2) is 24.3 Å². The van der Waals surface area contributed by atoms with Crippen LogP contribution in [0.25, 0.3) is 10.9 Å². The normalized spacial score (nSPS) is 9.35. The first-order valence-electron chi connectivity index (χ1n) is 5.30. The Balaban J connectivity index is 0.000000686. The number of halogens is 2. The van der Waals surface area contributed by atoms with Crippen LogP contribution in [0, 0.1) is 11.3 Å². The summed E-state index contributed by atoms with van der Waals surface area (Å²) in [6.45, 7) is 4.00. The lowest BCUT2D eigenvalue weighted by molar-refractivity contribution is 1.31. The molecule has 2 nitrogen and oxygen atoms in total. The first-order chi connectivity index (χ1) is 8.24. The summed E-state index contributed by atoms with van der Waals surface area (Å²) in [5.41, 5.74) is 2.22. The number of benzene rings is 1. The van der Waals surface area contributed by atoms with Gasteiger partial charge in [0.1, 0.15) is 11.8 Å². The lowest BCUT2D eigenvalue weighted by Crippen LogP contribution is -1.87. The van der Waals surface area contributed by atoms with Crippen molar-refractivity contribution in [1.29, 1.82) is 5.26 Å². The van der Waals surface area contributed by atoms with Crippen LogP contribution >= 0.6 is 27.5 Å². The molecule has 2 aromatic rings. The van der Waals surface area contributed by atoms with E-state index in [0.717, 1.165) is 21.8 Å². The second kappa shape index (κ2) is 6.58. The maximum atomic E-state index is 8.77. The molecule has 0 fully saturated rings. The Morgan fingerprint density at radius 2 is 2.06 bits per heavy atom. The SMILES string of the molecule is CC.N#Cc1cc(Cl)c2ccc(CBr)cc2n1. The molecular weight excluding hydrogens is 300 g/mol. The molecule has 1 heterocycles. The Morgan fingerprint density at radius 3 is 2.65 bits per heavy atom. The molecule has 1 aromatic carbocycles. The van der Waals surface area contributed by atoms with Gasteiger partial charge in [0.05, 0.1) is 10.5 Å². The van der Waals surface area contributed by atoms with Gasteiger partial charge in [-0.3, -0.25) is 0 Å². The van der Waals surface area contributed by atoms with Crippen molar-refractivity contribution in [1.82, 2.24) is 4.98 Å². The summed E-state index contributed by atoms with van der Waals surface area (Å²) in [6, 6.07) is 9.40. The van der Waals surface area contributed by atoms with E-state index < -0.39 is 0 Å². The van der Waals surface area contributed by atoms with E-state index >= 15 is 0 Å². The quantitative estimate of drug-likeness (QED) is 0.717. The fourth-order valence-corrected chi connectivity index (χ4v) is 1.98. The highest BCUT2D eigenvalue weighted by atomic mass is 79.9. The average molecular weight is 312 g/mol. The molecule has 0 radical (unpaired) electrons. The minimum atomic E-state index is 0.347. The Kier molecular flexibility index (Phi) is 5.40. The van der Waals surface area contributed by atoms with Gasteiger partial charge in [-0.1, -0.05) is 53.5 Å². The van der Waals surface area contributed by atoms with Crippen molar-refractivity contribution in [2.45, 2.75) is 19.2 Å². The molecule has 0 N–H and O–H groups in total. The van der Waals surface area contributed by atoms with Gasteiger partial charge >= 0.3 is 0 Å². The maximum Gasteiger partial charge on any atom is 0.142 e. The molecule has 0 unspecified atom stereocenters. The van der Waals surface area contributed by atoms with Crippen molar-refractivity contribution < 1.29 is 0 Å². The number of aromatic nitrogens is 1. The summed E-state index contributed by atoms with van der Waals surface area (Å²) in [5, 5.41) is 11.0. The van der Waals surface area contributed by atoms with Crippen molar-refractivity contribution in [3.8, 4) is 6.07 Å². The molecule has 0 spiro atoms. The smallest absolute Gasteiger partial charge is 0.142 e. The predicted molar refractivity (Wildman–Crippen MR) is 75.4 cm³/mol. The van der Waals surface area contributed by atoms with Crippen molar-refractivity contribution in [3.05, 3.63) is 40.5 Å². The lowest BCUT2D eigenvalue weighted by Gasteiger charge is -2.02. The van der Waals surface area contributed by atoms with Gasteiger partial charge in [0.2, 0.25) is 0 Å². The zero-order chi connectivity index (χ0) is 12.8. The van der Waals surface area contributed by atoms with E-state index in [1.165, 1.54) is 0 Å². The molecule has 0 atom stereocenters. The first kappa shape index (κ1) is 14.0. The fraction of sp³-hybridized carbons (Fsp3) is 0.231. The summed E-state index contributed by atoms with van der Waals surface area (Å²) in [5.74, 6) is 0. The monoisotopic (exact) mass is 310 g/mol. The molecule has 0 aliphatic heterocycles. The van der Waals surface area contributed by atoms with E-state index in [4.69, 9.17) is 16.9 Å². The van der Waals surface area contributed by atoms with Crippen LogP contribution in [0.2, 0.25) is 5.02 Å². The molecule has 0 saturated carbocycles. The third-order valence-corrected chi connectivity index (χ3v) is 3.05. The fourth-order valence-electron chi connectivity index (χ4n) is 1.37. The molecule has 0 aliphatic rings. The van der Waals surface area contributed by atoms with Crippen LogP contribution in [0.4, 0.5) is 0 Å². The third kappa shape index (κ3) is 3.18. The number of hydrogen-bond acceptors (Lipinski definition) is 2. The highest BCUT2D eigenvalue weighted by Crippen LogP contribution is 2.24. The van der Waals surface area contributed by atoms with Crippen LogP contribution in [-0.4, -0.2) is 4.98 Å². The zero-order valence-electron chi connectivity index (χ0n) is 9.67. The maximum absolute atomic E-state index is 8.77. The van der Waals surface area contributed by atoms with Gasteiger partial charge in [-0.2, -0.15) is 5.26 Å². The Labute approximate surface area is 114 Å². The number of fused-ring (bicyclic) bond motifs is 1. The van der Waals surface area contributed by atoms with Gasteiger partial charge in [0.15, 0.2) is 0 Å². The van der Waals surface area contributed by atoms with E-state index in [1.807, 2.05) is 38.1 Å². The minimum absolute atomic E-state index is 0.347. The second-order valence-electron chi connectivity index (χ2n) is 3.09.